The summed E-state index contributed by atoms with van der Waals surface area (Å²) in [5, 5.41) is 0. The lowest BCUT2D eigenvalue weighted by atomic mass is 10.1. The van der Waals surface area contributed by atoms with Crippen LogP contribution in [-0.2, 0) is 11.2 Å². The van der Waals surface area contributed by atoms with Crippen molar-refractivity contribution in [2.75, 3.05) is 26.7 Å². The van der Waals surface area contributed by atoms with E-state index in [4.69, 9.17) is 0 Å². The smallest absolute Gasteiger partial charge is 0.254 e. The van der Waals surface area contributed by atoms with Gasteiger partial charge in [-0.25, -0.2) is 4.98 Å². The maximum atomic E-state index is 12.3. The van der Waals surface area contributed by atoms with Crippen LogP contribution in [0.1, 0.15) is 36.8 Å². The molecule has 0 bridgehead atoms. The van der Waals surface area contributed by atoms with Crippen molar-refractivity contribution in [1.29, 1.82) is 0 Å². The molecule has 0 radical (unpaired) electrons. The number of rotatable bonds is 5. The summed E-state index contributed by atoms with van der Waals surface area (Å²) in [6.07, 6.45) is 1.86. The van der Waals surface area contributed by atoms with Gasteiger partial charge < -0.3 is 14.8 Å². The lowest BCUT2D eigenvalue weighted by Crippen LogP contribution is -2.36. The molecule has 6 nitrogen and oxygen atoms in total. The highest BCUT2D eigenvalue weighted by molar-refractivity contribution is 5.76. The third kappa shape index (κ3) is 3.74. The highest BCUT2D eigenvalue weighted by Crippen LogP contribution is 2.16. The van der Waals surface area contributed by atoms with Crippen molar-refractivity contribution >= 4 is 5.91 Å². The van der Waals surface area contributed by atoms with E-state index in [1.165, 1.54) is 0 Å². The van der Waals surface area contributed by atoms with Gasteiger partial charge in [-0.15, -0.1) is 0 Å². The molecule has 1 aliphatic heterocycles. The third-order valence-corrected chi connectivity index (χ3v) is 4.57. The Hall–Kier alpha value is -1.69. The number of carbonyl (C=O) groups excluding carboxylic acids is 1. The quantitative estimate of drug-likeness (QED) is 0.876. The van der Waals surface area contributed by atoms with E-state index < -0.39 is 0 Å². The molecule has 1 fully saturated rings. The number of aryl methyl sites for hydroxylation is 2. The summed E-state index contributed by atoms with van der Waals surface area (Å²) in [6, 6.07) is 0.458. The molecule has 1 aliphatic rings. The van der Waals surface area contributed by atoms with E-state index in [9.17, 15) is 9.59 Å². The number of likely N-dealkylation sites (tertiary alicyclic amines) is 1. The van der Waals surface area contributed by atoms with E-state index in [1.807, 2.05) is 11.8 Å². The molecule has 0 aromatic carbocycles. The minimum absolute atomic E-state index is 0.122. The summed E-state index contributed by atoms with van der Waals surface area (Å²) in [5.74, 6) is 0.744. The SMILES string of the molecule is CCN(C)C1CCN(C(=O)CCc2c(C)nc(C)[nH]c2=O)C1. The Morgan fingerprint density at radius 3 is 2.82 bits per heavy atom. The van der Waals surface area contributed by atoms with Crippen LogP contribution in [0.4, 0.5) is 0 Å². The van der Waals surface area contributed by atoms with Crippen LogP contribution >= 0.6 is 0 Å². The maximum absolute atomic E-state index is 12.3. The Morgan fingerprint density at radius 2 is 2.18 bits per heavy atom. The first kappa shape index (κ1) is 16.7. The van der Waals surface area contributed by atoms with Crippen LogP contribution in [0, 0.1) is 13.8 Å². The normalized spacial score (nSPS) is 18.2. The summed E-state index contributed by atoms with van der Waals surface area (Å²) in [4.78, 5) is 35.5. The third-order valence-electron chi connectivity index (χ3n) is 4.57. The van der Waals surface area contributed by atoms with Crippen molar-refractivity contribution in [3.05, 3.63) is 27.4 Å². The Labute approximate surface area is 131 Å². The van der Waals surface area contributed by atoms with Gasteiger partial charge in [0.1, 0.15) is 5.82 Å². The lowest BCUT2D eigenvalue weighted by molar-refractivity contribution is -0.130. The number of hydrogen-bond acceptors (Lipinski definition) is 4. The Bertz CT molecular complexity index is 596. The summed E-state index contributed by atoms with van der Waals surface area (Å²) < 4.78 is 0. The molecule has 1 amide bonds. The largest absolute Gasteiger partial charge is 0.341 e. The number of H-pyrrole nitrogens is 1. The number of aromatic nitrogens is 2. The van der Waals surface area contributed by atoms with E-state index in [0.717, 1.165) is 31.7 Å². The highest BCUT2D eigenvalue weighted by Gasteiger charge is 2.28. The summed E-state index contributed by atoms with van der Waals surface area (Å²) in [7, 11) is 2.10. The molecule has 2 heterocycles. The highest BCUT2D eigenvalue weighted by atomic mass is 16.2. The minimum atomic E-state index is -0.122. The molecule has 1 unspecified atom stereocenters. The van der Waals surface area contributed by atoms with Crippen molar-refractivity contribution in [3.8, 4) is 0 Å². The van der Waals surface area contributed by atoms with Gasteiger partial charge in [-0.05, 0) is 40.3 Å². The zero-order valence-electron chi connectivity index (χ0n) is 14.0. The number of nitrogens with one attached hydrogen (secondary N) is 1. The fourth-order valence-corrected chi connectivity index (χ4v) is 3.02. The van der Waals surface area contributed by atoms with Gasteiger partial charge in [0.25, 0.3) is 5.56 Å². The molecule has 1 saturated heterocycles. The number of hydrogen-bond donors (Lipinski definition) is 1. The van der Waals surface area contributed by atoms with Gasteiger partial charge in [-0.3, -0.25) is 9.59 Å². The van der Waals surface area contributed by atoms with Crippen LogP contribution in [0.25, 0.3) is 0 Å². The van der Waals surface area contributed by atoms with Gasteiger partial charge >= 0.3 is 0 Å². The van der Waals surface area contributed by atoms with E-state index in [-0.39, 0.29) is 11.5 Å². The number of nitrogens with zero attached hydrogens (tertiary/aromatic N) is 3. The predicted molar refractivity (Wildman–Crippen MR) is 85.9 cm³/mol. The van der Waals surface area contributed by atoms with E-state index >= 15 is 0 Å². The van der Waals surface area contributed by atoms with Crippen molar-refractivity contribution in [1.82, 2.24) is 19.8 Å². The molecule has 0 saturated carbocycles. The Morgan fingerprint density at radius 1 is 1.45 bits per heavy atom. The lowest BCUT2D eigenvalue weighted by Gasteiger charge is -2.23. The van der Waals surface area contributed by atoms with Crippen LogP contribution in [0.2, 0.25) is 0 Å². The van der Waals surface area contributed by atoms with Crippen molar-refractivity contribution in [2.45, 2.75) is 46.1 Å². The van der Waals surface area contributed by atoms with E-state index in [2.05, 4.69) is 28.8 Å². The molecule has 122 valence electrons. The molecule has 1 N–H and O–H groups in total. The second-order valence-corrected chi connectivity index (χ2v) is 6.07. The molecule has 0 spiro atoms. The van der Waals surface area contributed by atoms with Crippen molar-refractivity contribution < 1.29 is 4.79 Å². The topological polar surface area (TPSA) is 69.3 Å². The van der Waals surface area contributed by atoms with Crippen LogP contribution in [-0.4, -0.2) is 58.4 Å². The van der Waals surface area contributed by atoms with Gasteiger partial charge in [0, 0.05) is 36.8 Å². The molecule has 6 heteroatoms. The molecule has 1 aromatic rings. The van der Waals surface area contributed by atoms with Gasteiger partial charge in [-0.1, -0.05) is 6.92 Å². The first-order valence-electron chi connectivity index (χ1n) is 7.96. The number of aromatic amines is 1. The zero-order valence-corrected chi connectivity index (χ0v) is 14.0. The molecule has 22 heavy (non-hydrogen) atoms. The summed E-state index contributed by atoms with van der Waals surface area (Å²) >= 11 is 0. The van der Waals surface area contributed by atoms with Crippen LogP contribution < -0.4 is 5.56 Å². The molecule has 2 rings (SSSR count). The molecule has 1 aromatic heterocycles. The number of carbonyl (C=O) groups is 1. The van der Waals surface area contributed by atoms with Crippen LogP contribution in [0.15, 0.2) is 4.79 Å². The fraction of sp³-hybridized carbons (Fsp3) is 0.688. The van der Waals surface area contributed by atoms with Gasteiger partial charge in [0.15, 0.2) is 0 Å². The van der Waals surface area contributed by atoms with Crippen LogP contribution in [0.5, 0.6) is 0 Å². The molecule has 1 atom stereocenters. The van der Waals surface area contributed by atoms with Crippen molar-refractivity contribution in [2.24, 2.45) is 0 Å². The standard InChI is InChI=1S/C16H26N4O2/c1-5-19(4)13-8-9-20(10-13)15(21)7-6-14-11(2)17-12(3)18-16(14)22/h13H,5-10H2,1-4H3,(H,17,18,22). The average Bonchev–Trinajstić information content (AvgIpc) is 2.94. The predicted octanol–water partition coefficient (Wildman–Crippen LogP) is 0.872. The van der Waals surface area contributed by atoms with E-state index in [0.29, 0.717) is 30.3 Å². The molecule has 0 aliphatic carbocycles. The number of likely N-dealkylation sites (N-methyl/N-ethyl adjacent to an activating group) is 1. The summed E-state index contributed by atoms with van der Waals surface area (Å²) in [5.41, 5.74) is 1.22. The second kappa shape index (κ2) is 7.05. The number of amides is 1. The van der Waals surface area contributed by atoms with Gasteiger partial charge in [0.05, 0.1) is 0 Å². The van der Waals surface area contributed by atoms with Gasteiger partial charge in [0.2, 0.25) is 5.91 Å². The van der Waals surface area contributed by atoms with Crippen LogP contribution in [0.3, 0.4) is 0 Å². The van der Waals surface area contributed by atoms with E-state index in [1.54, 1.807) is 6.92 Å². The monoisotopic (exact) mass is 306 g/mol. The second-order valence-electron chi connectivity index (χ2n) is 6.07. The Balaban J connectivity index is 1.93. The Kier molecular flexibility index (Phi) is 5.34. The first-order valence-corrected chi connectivity index (χ1v) is 7.96. The fourth-order valence-electron chi connectivity index (χ4n) is 3.02. The average molecular weight is 306 g/mol. The minimum Gasteiger partial charge on any atom is -0.341 e. The maximum Gasteiger partial charge on any atom is 0.254 e. The first-order chi connectivity index (χ1) is 10.4. The zero-order chi connectivity index (χ0) is 16.3. The summed E-state index contributed by atoms with van der Waals surface area (Å²) in [6.45, 7) is 8.32. The molecular weight excluding hydrogens is 280 g/mol. The van der Waals surface area contributed by atoms with Gasteiger partial charge in [-0.2, -0.15) is 0 Å². The van der Waals surface area contributed by atoms with Crippen molar-refractivity contribution in [3.63, 3.8) is 0 Å². The molecular formula is C16H26N4O2.